The van der Waals surface area contributed by atoms with Crippen molar-refractivity contribution in [1.29, 1.82) is 0 Å². The fourth-order valence-electron chi connectivity index (χ4n) is 0.344. The van der Waals surface area contributed by atoms with Crippen LogP contribution in [0.15, 0.2) is 12.4 Å². The molecule has 0 radical (unpaired) electrons. The molecule has 6 heteroatoms. The minimum Gasteiger partial charge on any atom is -0.349 e. The van der Waals surface area contributed by atoms with Gasteiger partial charge in [0.2, 0.25) is 0 Å². The largest absolute Gasteiger partial charge is 0.349 e. The van der Waals surface area contributed by atoms with Crippen molar-refractivity contribution in [3.8, 4) is 0 Å². The van der Waals surface area contributed by atoms with E-state index in [4.69, 9.17) is 14.0 Å². The summed E-state index contributed by atoms with van der Waals surface area (Å²) < 4.78 is 24.0. The molecule has 1 rings (SSSR count). The number of hydrogen-bond acceptors (Lipinski definition) is 4. The Morgan fingerprint density at radius 3 is 2.30 bits per heavy atom. The zero-order valence-electron chi connectivity index (χ0n) is 5.24. The van der Waals surface area contributed by atoms with Crippen molar-refractivity contribution in [3.63, 3.8) is 0 Å². The topological polar surface area (TPSA) is 95.0 Å². The number of halogens is 1. The van der Waals surface area contributed by atoms with Crippen LogP contribution in [0.3, 0.4) is 0 Å². The fraction of sp³-hybridized carbons (Fsp3) is 0.250. The number of imidazole rings is 1. The van der Waals surface area contributed by atoms with E-state index in [0.29, 0.717) is 0 Å². The van der Waals surface area contributed by atoms with Crippen molar-refractivity contribution in [1.82, 2.24) is 9.97 Å². The average Bonchev–Trinajstić information content (AvgIpc) is 2.15. The summed E-state index contributed by atoms with van der Waals surface area (Å²) in [6.45, 7) is 1.92. The summed E-state index contributed by atoms with van der Waals surface area (Å²) in [5, 5.41) is 0. The van der Waals surface area contributed by atoms with Crippen molar-refractivity contribution in [3.05, 3.63) is 18.2 Å². The van der Waals surface area contributed by atoms with Gasteiger partial charge in [-0.1, -0.05) is 0 Å². The Labute approximate surface area is 60.7 Å². The number of aromatic nitrogens is 2. The lowest BCUT2D eigenvalue weighted by Crippen LogP contribution is -2.30. The standard InChI is InChI=1S/C4H6N2.ClHO3/c1-4-5-2-3-6-4;2-1(3)4/h2-3H,1H3,(H,5,6);2H. The van der Waals surface area contributed by atoms with E-state index in [0.717, 1.165) is 5.82 Å². The van der Waals surface area contributed by atoms with E-state index in [2.05, 4.69) is 9.97 Å². The van der Waals surface area contributed by atoms with Crippen LogP contribution in [0.2, 0.25) is 0 Å². The molecule has 1 heterocycles. The molecule has 0 bridgehead atoms. The summed E-state index contributed by atoms with van der Waals surface area (Å²) in [6, 6.07) is 0. The smallest absolute Gasteiger partial charge is 0.282 e. The fourth-order valence-corrected chi connectivity index (χ4v) is 0.344. The Balaban J connectivity index is 0.000000180. The van der Waals surface area contributed by atoms with Crippen LogP contribution in [-0.4, -0.2) is 14.6 Å². The zero-order chi connectivity index (χ0) is 7.98. The Kier molecular flexibility index (Phi) is 4.87. The van der Waals surface area contributed by atoms with Crippen LogP contribution in [0.25, 0.3) is 0 Å². The van der Waals surface area contributed by atoms with Gasteiger partial charge in [-0.3, -0.25) is 0 Å². The highest BCUT2D eigenvalue weighted by Crippen LogP contribution is 1.78. The lowest BCUT2D eigenvalue weighted by molar-refractivity contribution is -1.63. The molecule has 0 amide bonds. The Morgan fingerprint density at radius 2 is 2.20 bits per heavy atom. The van der Waals surface area contributed by atoms with Gasteiger partial charge in [0.1, 0.15) is 5.82 Å². The van der Waals surface area contributed by atoms with Crippen molar-refractivity contribution in [2.75, 3.05) is 0 Å². The quantitative estimate of drug-likeness (QED) is 0.457. The number of H-pyrrole nitrogens is 1. The van der Waals surface area contributed by atoms with Gasteiger partial charge in [0, 0.05) is 17.1 Å². The normalized spacial score (nSPS) is 8.90. The van der Waals surface area contributed by atoms with E-state index in [1.165, 1.54) is 0 Å². The van der Waals surface area contributed by atoms with Crippen molar-refractivity contribution < 1.29 is 24.8 Å². The predicted molar refractivity (Wildman–Crippen MR) is 25.5 cm³/mol. The van der Waals surface area contributed by atoms with Gasteiger partial charge >= 0.3 is 0 Å². The second-order valence-corrected chi connectivity index (χ2v) is 1.78. The first kappa shape index (κ1) is 9.38. The highest BCUT2D eigenvalue weighted by Gasteiger charge is 1.79. The summed E-state index contributed by atoms with van der Waals surface area (Å²) in [4.78, 5) is 6.75. The van der Waals surface area contributed by atoms with Crippen molar-refractivity contribution in [2.45, 2.75) is 6.92 Å². The highest BCUT2D eigenvalue weighted by atomic mass is 35.6. The molecule has 0 saturated carbocycles. The van der Waals surface area contributed by atoms with E-state index < -0.39 is 10.8 Å². The van der Waals surface area contributed by atoms with Gasteiger partial charge in [0.25, 0.3) is 10.8 Å². The molecule has 0 aliphatic rings. The molecule has 0 aliphatic carbocycles. The van der Waals surface area contributed by atoms with E-state index in [9.17, 15) is 0 Å². The van der Waals surface area contributed by atoms with Gasteiger partial charge in [-0.2, -0.15) is 0 Å². The summed E-state index contributed by atoms with van der Waals surface area (Å²) in [7, 11) is -2.60. The monoisotopic (exact) mass is 166 g/mol. The summed E-state index contributed by atoms with van der Waals surface area (Å²) >= 11 is 0. The van der Waals surface area contributed by atoms with Gasteiger partial charge in [-0.05, 0) is 6.92 Å². The van der Waals surface area contributed by atoms with Crippen molar-refractivity contribution in [2.24, 2.45) is 0 Å². The van der Waals surface area contributed by atoms with Gasteiger partial charge in [-0.15, -0.1) is 0 Å². The van der Waals surface area contributed by atoms with Crippen LogP contribution in [0, 0.1) is 17.7 Å². The van der Waals surface area contributed by atoms with E-state index >= 15 is 0 Å². The van der Waals surface area contributed by atoms with E-state index in [1.54, 1.807) is 12.4 Å². The van der Waals surface area contributed by atoms with Crippen LogP contribution in [0.5, 0.6) is 0 Å². The molecule has 0 saturated heterocycles. The number of aryl methyl sites for hydroxylation is 1. The molecule has 0 atom stereocenters. The van der Waals surface area contributed by atoms with Gasteiger partial charge in [-0.25, -0.2) is 4.98 Å². The van der Waals surface area contributed by atoms with Crippen LogP contribution in [0.4, 0.5) is 0 Å². The molecule has 58 valence electrons. The summed E-state index contributed by atoms with van der Waals surface area (Å²) in [5.41, 5.74) is 0. The molecule has 1 aromatic heterocycles. The molecule has 0 spiro atoms. The molecule has 1 aromatic rings. The third-order valence-electron chi connectivity index (χ3n) is 0.635. The molecular formula is C4H7ClN2O3. The minimum atomic E-state index is -2.60. The first-order valence-electron chi connectivity index (χ1n) is 2.33. The number of nitrogens with zero attached hydrogens (tertiary/aromatic N) is 1. The number of nitrogens with one attached hydrogen (secondary N) is 1. The molecular weight excluding hydrogens is 160 g/mol. The minimum absolute atomic E-state index is 0.968. The Bertz CT molecular complexity index is 151. The number of aromatic amines is 1. The summed E-state index contributed by atoms with van der Waals surface area (Å²) in [6.07, 6.45) is 3.53. The Hall–Kier alpha value is -0.620. The summed E-state index contributed by atoms with van der Waals surface area (Å²) in [5.74, 6) is 0.968. The van der Waals surface area contributed by atoms with E-state index in [1.807, 2.05) is 6.92 Å². The zero-order valence-corrected chi connectivity index (χ0v) is 6.00. The average molecular weight is 167 g/mol. The second-order valence-electron chi connectivity index (χ2n) is 1.38. The number of hydrogen-bond donors (Lipinski definition) is 2. The molecule has 0 aliphatic heterocycles. The van der Waals surface area contributed by atoms with Gasteiger partial charge in [0.05, 0.1) is 0 Å². The highest BCUT2D eigenvalue weighted by molar-refractivity contribution is 4.80. The maximum absolute atomic E-state index is 8.52. The molecule has 5 nitrogen and oxygen atoms in total. The maximum Gasteiger partial charge on any atom is 0.282 e. The Morgan fingerprint density at radius 1 is 1.70 bits per heavy atom. The third kappa shape index (κ3) is 7.38. The first-order chi connectivity index (χ1) is 4.63. The predicted octanol–water partition coefficient (Wildman–Crippen LogP) is -2.22. The van der Waals surface area contributed by atoms with Crippen LogP contribution < -0.4 is 9.32 Å². The lowest BCUT2D eigenvalue weighted by atomic mass is 10.8. The van der Waals surface area contributed by atoms with Crippen LogP contribution >= 0.6 is 0 Å². The second kappa shape index (κ2) is 5.19. The van der Waals surface area contributed by atoms with Crippen molar-refractivity contribution >= 4 is 0 Å². The molecule has 0 aromatic carbocycles. The van der Waals surface area contributed by atoms with E-state index in [-0.39, 0.29) is 0 Å². The SMILES string of the molecule is Cc1ncc[nH]1.[O-][Cl+2]([O-])O. The first-order valence-corrected chi connectivity index (χ1v) is 3.29. The van der Waals surface area contributed by atoms with Gasteiger partial charge in [0.15, 0.2) is 0 Å². The molecule has 10 heavy (non-hydrogen) atoms. The molecule has 0 fully saturated rings. The lowest BCUT2D eigenvalue weighted by Gasteiger charge is -1.72. The van der Waals surface area contributed by atoms with Crippen LogP contribution in [-0.2, 0) is 0 Å². The van der Waals surface area contributed by atoms with Crippen LogP contribution in [0.1, 0.15) is 5.82 Å². The molecule has 0 unspecified atom stereocenters. The molecule has 2 N–H and O–H groups in total. The number of rotatable bonds is 0. The van der Waals surface area contributed by atoms with Gasteiger partial charge < -0.3 is 14.3 Å². The maximum atomic E-state index is 8.52. The third-order valence-corrected chi connectivity index (χ3v) is 0.635.